The van der Waals surface area contributed by atoms with Crippen molar-refractivity contribution in [3.05, 3.63) is 54.6 Å². The molecule has 3 heteroatoms. The molecule has 1 unspecified atom stereocenters. The van der Waals surface area contributed by atoms with Crippen molar-refractivity contribution in [1.82, 2.24) is 14.9 Å². The molecule has 2 aromatic rings. The molecule has 2 rings (SSSR count). The first kappa shape index (κ1) is 15.8. The highest BCUT2D eigenvalue weighted by atomic mass is 15.0. The minimum atomic E-state index is 0.317. The third-order valence-electron chi connectivity index (χ3n) is 3.56. The van der Waals surface area contributed by atoms with Crippen LogP contribution in [0.2, 0.25) is 0 Å². The lowest BCUT2D eigenvalue weighted by atomic mass is 9.85. The number of hydrogen-bond acceptors (Lipinski definition) is 2. The molecule has 3 nitrogen and oxygen atoms in total. The van der Waals surface area contributed by atoms with E-state index in [1.54, 1.807) is 0 Å². The average molecular weight is 285 g/mol. The molecule has 1 heterocycles. The molecule has 21 heavy (non-hydrogen) atoms. The molecule has 0 fully saturated rings. The number of benzene rings is 1. The van der Waals surface area contributed by atoms with Crippen molar-refractivity contribution in [2.24, 2.45) is 5.41 Å². The van der Waals surface area contributed by atoms with Gasteiger partial charge < -0.3 is 9.88 Å². The van der Waals surface area contributed by atoms with E-state index in [9.17, 15) is 0 Å². The Labute approximate surface area is 128 Å². The highest BCUT2D eigenvalue weighted by molar-refractivity contribution is 5.19. The van der Waals surface area contributed by atoms with Gasteiger partial charge in [0.15, 0.2) is 0 Å². The molecule has 0 radical (unpaired) electrons. The Morgan fingerprint density at radius 3 is 2.57 bits per heavy atom. The van der Waals surface area contributed by atoms with Crippen LogP contribution in [-0.4, -0.2) is 16.1 Å². The Bertz CT molecular complexity index is 497. The van der Waals surface area contributed by atoms with Gasteiger partial charge in [0.25, 0.3) is 0 Å². The van der Waals surface area contributed by atoms with Gasteiger partial charge in [0.2, 0.25) is 0 Å². The number of nitrogens with zero attached hydrogens (tertiary/aromatic N) is 2. The second kappa shape index (κ2) is 7.41. The van der Waals surface area contributed by atoms with E-state index in [0.717, 1.165) is 25.9 Å². The number of nitrogens with one attached hydrogen (secondary N) is 1. The van der Waals surface area contributed by atoms with Gasteiger partial charge in [-0.3, -0.25) is 0 Å². The average Bonchev–Trinajstić information content (AvgIpc) is 2.95. The minimum Gasteiger partial charge on any atom is -0.337 e. The van der Waals surface area contributed by atoms with Crippen LogP contribution in [0.5, 0.6) is 0 Å². The van der Waals surface area contributed by atoms with Gasteiger partial charge in [-0.05, 0) is 30.4 Å². The number of aromatic nitrogens is 2. The fourth-order valence-corrected chi connectivity index (χ4v) is 2.56. The molecule has 0 bridgehead atoms. The highest BCUT2D eigenvalue weighted by Gasteiger charge is 2.19. The van der Waals surface area contributed by atoms with Crippen molar-refractivity contribution >= 4 is 0 Å². The minimum absolute atomic E-state index is 0.317. The SMILES string of the molecule is CC(C)(C)CC(NCCCn1ccnc1)c1ccccc1. The maximum atomic E-state index is 4.07. The van der Waals surface area contributed by atoms with E-state index >= 15 is 0 Å². The summed E-state index contributed by atoms with van der Waals surface area (Å²) in [5.74, 6) is 0. The Kier molecular flexibility index (Phi) is 5.57. The summed E-state index contributed by atoms with van der Waals surface area (Å²) in [5.41, 5.74) is 1.70. The first-order valence-corrected chi connectivity index (χ1v) is 7.79. The van der Waals surface area contributed by atoms with Gasteiger partial charge in [0.05, 0.1) is 6.33 Å². The number of aryl methyl sites for hydroxylation is 1. The largest absolute Gasteiger partial charge is 0.337 e. The van der Waals surface area contributed by atoms with Gasteiger partial charge in [0.1, 0.15) is 0 Å². The van der Waals surface area contributed by atoms with Crippen LogP contribution in [-0.2, 0) is 6.54 Å². The van der Waals surface area contributed by atoms with Crippen LogP contribution < -0.4 is 5.32 Å². The van der Waals surface area contributed by atoms with E-state index in [-0.39, 0.29) is 0 Å². The van der Waals surface area contributed by atoms with Crippen molar-refractivity contribution in [3.8, 4) is 0 Å². The molecule has 0 aliphatic heterocycles. The predicted molar refractivity (Wildman–Crippen MR) is 88.1 cm³/mol. The molecule has 0 saturated carbocycles. The fourth-order valence-electron chi connectivity index (χ4n) is 2.56. The van der Waals surface area contributed by atoms with Gasteiger partial charge in [-0.2, -0.15) is 0 Å². The molecule has 1 N–H and O–H groups in total. The standard InChI is InChI=1S/C18H27N3/c1-18(2,3)14-17(16-8-5-4-6-9-16)20-10-7-12-21-13-11-19-15-21/h4-6,8-9,11,13,15,17,20H,7,10,12,14H2,1-3H3. The Morgan fingerprint density at radius 2 is 1.95 bits per heavy atom. The Hall–Kier alpha value is -1.61. The van der Waals surface area contributed by atoms with E-state index in [2.05, 4.69) is 66.0 Å². The lowest BCUT2D eigenvalue weighted by Crippen LogP contribution is -2.27. The molecule has 0 spiro atoms. The summed E-state index contributed by atoms with van der Waals surface area (Å²) in [7, 11) is 0. The number of rotatable bonds is 7. The molecule has 0 aliphatic carbocycles. The lowest BCUT2D eigenvalue weighted by Gasteiger charge is -2.27. The highest BCUT2D eigenvalue weighted by Crippen LogP contribution is 2.29. The molecule has 1 atom stereocenters. The van der Waals surface area contributed by atoms with Gasteiger partial charge in [0, 0.05) is 25.0 Å². The predicted octanol–water partition coefficient (Wildman–Crippen LogP) is 4.04. The second-order valence-electron chi connectivity index (χ2n) is 6.84. The molecule has 0 aliphatic rings. The number of imidazole rings is 1. The van der Waals surface area contributed by atoms with E-state index < -0.39 is 0 Å². The van der Waals surface area contributed by atoms with Crippen LogP contribution in [0.15, 0.2) is 49.1 Å². The fraction of sp³-hybridized carbons (Fsp3) is 0.500. The zero-order chi connectivity index (χ0) is 15.1. The van der Waals surface area contributed by atoms with Crippen LogP contribution in [0, 0.1) is 5.41 Å². The van der Waals surface area contributed by atoms with Gasteiger partial charge in [-0.25, -0.2) is 4.98 Å². The first-order valence-electron chi connectivity index (χ1n) is 7.79. The summed E-state index contributed by atoms with van der Waals surface area (Å²) in [5, 5.41) is 3.72. The summed E-state index contributed by atoms with van der Waals surface area (Å²) >= 11 is 0. The normalized spacial score (nSPS) is 13.3. The molecule has 0 saturated heterocycles. The summed E-state index contributed by atoms with van der Waals surface area (Å²) in [6.07, 6.45) is 7.99. The van der Waals surface area contributed by atoms with Gasteiger partial charge in [-0.1, -0.05) is 51.1 Å². The van der Waals surface area contributed by atoms with Crippen molar-refractivity contribution in [3.63, 3.8) is 0 Å². The molecule has 114 valence electrons. The second-order valence-corrected chi connectivity index (χ2v) is 6.84. The Balaban J connectivity index is 1.87. The quantitative estimate of drug-likeness (QED) is 0.778. The van der Waals surface area contributed by atoms with Crippen LogP contribution in [0.25, 0.3) is 0 Å². The zero-order valence-corrected chi connectivity index (χ0v) is 13.4. The van der Waals surface area contributed by atoms with Crippen LogP contribution in [0.3, 0.4) is 0 Å². The van der Waals surface area contributed by atoms with E-state index in [0.29, 0.717) is 11.5 Å². The topological polar surface area (TPSA) is 29.9 Å². The smallest absolute Gasteiger partial charge is 0.0945 e. The van der Waals surface area contributed by atoms with Crippen molar-refractivity contribution in [2.75, 3.05) is 6.54 Å². The Morgan fingerprint density at radius 1 is 1.19 bits per heavy atom. The molecular formula is C18H27N3. The van der Waals surface area contributed by atoms with Crippen molar-refractivity contribution < 1.29 is 0 Å². The molecule has 1 aromatic heterocycles. The van der Waals surface area contributed by atoms with E-state index in [1.165, 1.54) is 5.56 Å². The van der Waals surface area contributed by atoms with Crippen molar-refractivity contribution in [1.29, 1.82) is 0 Å². The summed E-state index contributed by atoms with van der Waals surface area (Å²) in [6, 6.07) is 11.2. The number of hydrogen-bond donors (Lipinski definition) is 1. The van der Waals surface area contributed by atoms with Gasteiger partial charge >= 0.3 is 0 Å². The molecule has 1 aromatic carbocycles. The van der Waals surface area contributed by atoms with Crippen LogP contribution in [0.1, 0.15) is 45.2 Å². The van der Waals surface area contributed by atoms with Crippen molar-refractivity contribution in [2.45, 2.75) is 46.2 Å². The third-order valence-corrected chi connectivity index (χ3v) is 3.56. The molecule has 0 amide bonds. The van der Waals surface area contributed by atoms with E-state index in [1.807, 2.05) is 18.7 Å². The molecular weight excluding hydrogens is 258 g/mol. The van der Waals surface area contributed by atoms with Gasteiger partial charge in [-0.15, -0.1) is 0 Å². The third kappa shape index (κ3) is 5.72. The zero-order valence-electron chi connectivity index (χ0n) is 13.4. The summed E-state index contributed by atoms with van der Waals surface area (Å²) in [6.45, 7) is 8.94. The lowest BCUT2D eigenvalue weighted by molar-refractivity contribution is 0.309. The maximum absolute atomic E-state index is 4.07. The summed E-state index contributed by atoms with van der Waals surface area (Å²) < 4.78 is 2.13. The van der Waals surface area contributed by atoms with E-state index in [4.69, 9.17) is 0 Å². The maximum Gasteiger partial charge on any atom is 0.0945 e. The van der Waals surface area contributed by atoms with Crippen LogP contribution in [0.4, 0.5) is 0 Å². The van der Waals surface area contributed by atoms with Crippen LogP contribution >= 0.6 is 0 Å². The summed E-state index contributed by atoms with van der Waals surface area (Å²) in [4.78, 5) is 4.07. The first-order chi connectivity index (χ1) is 10.0. The monoisotopic (exact) mass is 285 g/mol.